The van der Waals surface area contributed by atoms with E-state index in [-0.39, 0.29) is 5.78 Å². The average Bonchev–Trinajstić information content (AvgIpc) is 3.25. The van der Waals surface area contributed by atoms with E-state index in [1.54, 1.807) is 6.07 Å². The number of carbonyl (C=O) groups is 1. The number of aryl methyl sites for hydroxylation is 1. The number of para-hydroxylation sites is 1. The summed E-state index contributed by atoms with van der Waals surface area (Å²) in [5, 5.41) is 3.26. The number of rotatable bonds is 10. The number of hydrogen-bond donors (Lipinski definition) is 1. The number of benzene rings is 3. The van der Waals surface area contributed by atoms with Crippen molar-refractivity contribution in [2.75, 3.05) is 6.54 Å². The molecule has 0 radical (unpaired) electrons. The van der Waals surface area contributed by atoms with E-state index in [0.717, 1.165) is 34.7 Å². The smallest absolute Gasteiger partial charge is 0.209 e. The molecule has 4 aromatic rings. The van der Waals surface area contributed by atoms with Crippen molar-refractivity contribution in [2.24, 2.45) is 0 Å². The minimum absolute atomic E-state index is 0.0334. The standard InChI is InChI=1S/C31H30N2O2/c1-4-32-24(3)26-13-8-11-25(20-26)12-10-18-33-22-23(2)19-30(33)31(34)27-14-9-17-29(21-27)35-28-15-6-5-7-16-28/h5-17,19-22,32H,3-4,18H2,1-2H3/b12-10+. The van der Waals surface area contributed by atoms with Gasteiger partial charge in [-0.2, -0.15) is 0 Å². The highest BCUT2D eigenvalue weighted by Crippen LogP contribution is 2.24. The van der Waals surface area contributed by atoms with Crippen LogP contribution >= 0.6 is 0 Å². The Hall–Kier alpha value is -4.31. The number of hydrogen-bond acceptors (Lipinski definition) is 3. The van der Waals surface area contributed by atoms with Crippen molar-refractivity contribution in [1.82, 2.24) is 9.88 Å². The zero-order chi connectivity index (χ0) is 24.6. The first-order valence-electron chi connectivity index (χ1n) is 11.8. The molecule has 4 nitrogen and oxygen atoms in total. The molecule has 0 amide bonds. The summed E-state index contributed by atoms with van der Waals surface area (Å²) in [5.41, 5.74) is 5.36. The van der Waals surface area contributed by atoms with Crippen LogP contribution < -0.4 is 10.1 Å². The van der Waals surface area contributed by atoms with Crippen LogP contribution in [0.3, 0.4) is 0 Å². The number of aromatic nitrogens is 1. The van der Waals surface area contributed by atoms with Crippen LogP contribution in [0.25, 0.3) is 11.8 Å². The van der Waals surface area contributed by atoms with E-state index in [1.165, 1.54) is 0 Å². The predicted octanol–water partition coefficient (Wildman–Crippen LogP) is 7.11. The molecule has 1 N–H and O–H groups in total. The Labute approximate surface area is 207 Å². The lowest BCUT2D eigenvalue weighted by molar-refractivity contribution is 0.103. The fourth-order valence-electron chi connectivity index (χ4n) is 3.92. The Morgan fingerprint density at radius 1 is 0.943 bits per heavy atom. The van der Waals surface area contributed by atoms with E-state index in [2.05, 4.69) is 43.1 Å². The first-order valence-corrected chi connectivity index (χ1v) is 11.8. The Morgan fingerprint density at radius 2 is 1.69 bits per heavy atom. The van der Waals surface area contributed by atoms with Crippen molar-refractivity contribution in [3.05, 3.63) is 132 Å². The van der Waals surface area contributed by atoms with E-state index in [9.17, 15) is 4.79 Å². The molecule has 0 bridgehead atoms. The van der Waals surface area contributed by atoms with Gasteiger partial charge in [0.25, 0.3) is 0 Å². The van der Waals surface area contributed by atoms with E-state index in [0.29, 0.717) is 23.6 Å². The molecule has 1 aromatic heterocycles. The van der Waals surface area contributed by atoms with Crippen LogP contribution in [0.5, 0.6) is 11.5 Å². The monoisotopic (exact) mass is 462 g/mol. The van der Waals surface area contributed by atoms with Crippen LogP contribution in [-0.2, 0) is 6.54 Å². The molecule has 0 aliphatic heterocycles. The summed E-state index contributed by atoms with van der Waals surface area (Å²) in [6.45, 7) is 9.57. The highest BCUT2D eigenvalue weighted by Gasteiger charge is 2.15. The molecule has 4 rings (SSSR count). The van der Waals surface area contributed by atoms with Crippen molar-refractivity contribution >= 4 is 17.6 Å². The first-order chi connectivity index (χ1) is 17.0. The number of nitrogens with one attached hydrogen (secondary N) is 1. The lowest BCUT2D eigenvalue weighted by Gasteiger charge is -2.09. The Bertz CT molecular complexity index is 1350. The Morgan fingerprint density at radius 3 is 2.49 bits per heavy atom. The molecule has 0 unspecified atom stereocenters. The maximum atomic E-state index is 13.4. The number of ketones is 1. The second-order valence-corrected chi connectivity index (χ2v) is 8.36. The molecular formula is C31H30N2O2. The minimum Gasteiger partial charge on any atom is -0.457 e. The first kappa shape index (κ1) is 23.8. The van der Waals surface area contributed by atoms with Crippen LogP contribution in [0.4, 0.5) is 0 Å². The number of ether oxygens (including phenoxy) is 1. The van der Waals surface area contributed by atoms with Gasteiger partial charge in [0.05, 0.1) is 5.69 Å². The van der Waals surface area contributed by atoms with Crippen molar-refractivity contribution < 1.29 is 9.53 Å². The van der Waals surface area contributed by atoms with Gasteiger partial charge in [-0.05, 0) is 66.9 Å². The van der Waals surface area contributed by atoms with Crippen LogP contribution in [0.2, 0.25) is 0 Å². The quantitative estimate of drug-likeness (QED) is 0.255. The summed E-state index contributed by atoms with van der Waals surface area (Å²) in [6.07, 6.45) is 6.15. The average molecular weight is 463 g/mol. The molecule has 1 heterocycles. The van der Waals surface area contributed by atoms with Gasteiger partial charge < -0.3 is 14.6 Å². The van der Waals surface area contributed by atoms with Crippen LogP contribution in [-0.4, -0.2) is 16.9 Å². The van der Waals surface area contributed by atoms with Crippen molar-refractivity contribution in [3.8, 4) is 11.5 Å². The van der Waals surface area contributed by atoms with Crippen LogP contribution in [0, 0.1) is 6.92 Å². The SMILES string of the molecule is C=C(NCC)c1cccc(/C=C/Cn2cc(C)cc2C(=O)c2cccc(Oc3ccccc3)c2)c1. The second kappa shape index (κ2) is 11.2. The summed E-state index contributed by atoms with van der Waals surface area (Å²) in [7, 11) is 0. The van der Waals surface area contributed by atoms with Gasteiger partial charge in [-0.15, -0.1) is 0 Å². The maximum Gasteiger partial charge on any atom is 0.209 e. The van der Waals surface area contributed by atoms with E-state index in [4.69, 9.17) is 4.74 Å². The molecular weight excluding hydrogens is 432 g/mol. The van der Waals surface area contributed by atoms with Gasteiger partial charge in [0.2, 0.25) is 5.78 Å². The second-order valence-electron chi connectivity index (χ2n) is 8.36. The lowest BCUT2D eigenvalue weighted by atomic mass is 10.1. The molecule has 0 saturated heterocycles. The van der Waals surface area contributed by atoms with Gasteiger partial charge in [0.1, 0.15) is 11.5 Å². The highest BCUT2D eigenvalue weighted by atomic mass is 16.5. The van der Waals surface area contributed by atoms with Crippen molar-refractivity contribution in [3.63, 3.8) is 0 Å². The zero-order valence-electron chi connectivity index (χ0n) is 20.2. The van der Waals surface area contributed by atoms with Gasteiger partial charge in [-0.25, -0.2) is 0 Å². The van der Waals surface area contributed by atoms with Gasteiger partial charge >= 0.3 is 0 Å². The third-order valence-corrected chi connectivity index (χ3v) is 5.58. The topological polar surface area (TPSA) is 43.3 Å². The summed E-state index contributed by atoms with van der Waals surface area (Å²) in [4.78, 5) is 13.4. The highest BCUT2D eigenvalue weighted by molar-refractivity contribution is 6.08. The molecule has 0 saturated carbocycles. The Balaban J connectivity index is 1.50. The molecule has 0 fully saturated rings. The molecule has 0 aliphatic rings. The molecule has 35 heavy (non-hydrogen) atoms. The summed E-state index contributed by atoms with van der Waals surface area (Å²) < 4.78 is 7.90. The number of carbonyl (C=O) groups excluding carboxylic acids is 1. The van der Waals surface area contributed by atoms with Crippen LogP contribution in [0.15, 0.2) is 104 Å². The van der Waals surface area contributed by atoms with E-state index in [1.807, 2.05) is 84.4 Å². The van der Waals surface area contributed by atoms with Gasteiger partial charge in [0.15, 0.2) is 0 Å². The third kappa shape index (κ3) is 6.18. The van der Waals surface area contributed by atoms with Gasteiger partial charge in [-0.3, -0.25) is 4.79 Å². The van der Waals surface area contributed by atoms with E-state index < -0.39 is 0 Å². The molecule has 4 heteroatoms. The maximum absolute atomic E-state index is 13.4. The lowest BCUT2D eigenvalue weighted by Crippen LogP contribution is -2.09. The fourth-order valence-corrected chi connectivity index (χ4v) is 3.92. The number of allylic oxidation sites excluding steroid dienone is 1. The van der Waals surface area contributed by atoms with Gasteiger partial charge in [-0.1, -0.05) is 67.3 Å². The molecule has 0 atom stereocenters. The summed E-state index contributed by atoms with van der Waals surface area (Å²) in [6, 6.07) is 27.0. The largest absolute Gasteiger partial charge is 0.457 e. The number of nitrogens with zero attached hydrogens (tertiary/aromatic N) is 1. The predicted molar refractivity (Wildman–Crippen MR) is 144 cm³/mol. The molecule has 0 aliphatic carbocycles. The van der Waals surface area contributed by atoms with Crippen molar-refractivity contribution in [1.29, 1.82) is 0 Å². The fraction of sp³-hybridized carbons (Fsp3) is 0.129. The molecule has 176 valence electrons. The van der Waals surface area contributed by atoms with E-state index >= 15 is 0 Å². The van der Waals surface area contributed by atoms with Gasteiger partial charge in [0, 0.05) is 30.5 Å². The third-order valence-electron chi connectivity index (χ3n) is 5.58. The van der Waals surface area contributed by atoms with Crippen LogP contribution in [0.1, 0.15) is 39.7 Å². The van der Waals surface area contributed by atoms with Crippen molar-refractivity contribution in [2.45, 2.75) is 20.4 Å². The summed E-state index contributed by atoms with van der Waals surface area (Å²) >= 11 is 0. The Kier molecular flexibility index (Phi) is 7.63. The molecule has 0 spiro atoms. The molecule has 3 aromatic carbocycles. The minimum atomic E-state index is -0.0334. The summed E-state index contributed by atoms with van der Waals surface area (Å²) in [5.74, 6) is 1.34. The zero-order valence-corrected chi connectivity index (χ0v) is 20.2. The normalized spacial score (nSPS) is 10.9.